The second-order valence-corrected chi connectivity index (χ2v) is 7.91. The van der Waals surface area contributed by atoms with Crippen LogP contribution in [0.3, 0.4) is 0 Å². The van der Waals surface area contributed by atoms with Gasteiger partial charge in [-0.2, -0.15) is 0 Å². The normalized spacial score (nSPS) is 11.1. The van der Waals surface area contributed by atoms with Crippen LogP contribution >= 0.6 is 22.7 Å². The van der Waals surface area contributed by atoms with Crippen molar-refractivity contribution in [2.45, 2.75) is 13.1 Å². The van der Waals surface area contributed by atoms with E-state index in [1.54, 1.807) is 34.8 Å². The number of thiophene rings is 2. The highest BCUT2D eigenvalue weighted by Gasteiger charge is 2.01. The standard InChI is InChI=1S/C22H20N2O2S2/c25-21(10-8-19-6-2-12-27-19)23-15-17-4-1-5-18(14-17)16-24-22(26)11-9-20-7-3-13-28-20/h1-14H,15-16H2,(H,23,25)(H,24,26)/b10-8-,11-9+. The number of hydrogen-bond donors (Lipinski definition) is 2. The average Bonchev–Trinajstić information content (AvgIpc) is 3.42. The quantitative estimate of drug-likeness (QED) is 0.540. The molecule has 0 bridgehead atoms. The maximum absolute atomic E-state index is 11.9. The number of nitrogens with one attached hydrogen (secondary N) is 2. The Bertz CT molecular complexity index is 883. The molecule has 0 aliphatic carbocycles. The van der Waals surface area contributed by atoms with E-state index in [0.29, 0.717) is 13.1 Å². The predicted molar refractivity (Wildman–Crippen MR) is 117 cm³/mol. The number of carbonyl (C=O) groups excluding carboxylic acids is 2. The van der Waals surface area contributed by atoms with E-state index in [4.69, 9.17) is 0 Å². The lowest BCUT2D eigenvalue weighted by Crippen LogP contribution is -2.21. The molecular formula is C22H20N2O2S2. The van der Waals surface area contributed by atoms with Gasteiger partial charge in [0.05, 0.1) is 0 Å². The van der Waals surface area contributed by atoms with E-state index < -0.39 is 0 Å². The van der Waals surface area contributed by atoms with Crippen LogP contribution in [0.2, 0.25) is 0 Å². The molecule has 142 valence electrons. The highest BCUT2D eigenvalue weighted by atomic mass is 32.1. The summed E-state index contributed by atoms with van der Waals surface area (Å²) < 4.78 is 0. The van der Waals surface area contributed by atoms with Crippen LogP contribution in [0.15, 0.2) is 71.4 Å². The van der Waals surface area contributed by atoms with E-state index in [2.05, 4.69) is 10.6 Å². The third kappa shape index (κ3) is 6.64. The molecule has 0 spiro atoms. The van der Waals surface area contributed by atoms with Gasteiger partial charge in [0.2, 0.25) is 11.8 Å². The van der Waals surface area contributed by atoms with Gasteiger partial charge in [-0.15, -0.1) is 22.7 Å². The van der Waals surface area contributed by atoms with Gasteiger partial charge in [0, 0.05) is 35.0 Å². The monoisotopic (exact) mass is 408 g/mol. The van der Waals surface area contributed by atoms with Gasteiger partial charge in [-0.25, -0.2) is 0 Å². The average molecular weight is 409 g/mol. The number of hydrogen-bond acceptors (Lipinski definition) is 4. The molecule has 0 aliphatic rings. The molecule has 2 N–H and O–H groups in total. The van der Waals surface area contributed by atoms with Gasteiger partial charge in [-0.1, -0.05) is 36.4 Å². The van der Waals surface area contributed by atoms with Crippen molar-refractivity contribution in [1.29, 1.82) is 0 Å². The van der Waals surface area contributed by atoms with Crippen molar-refractivity contribution in [3.8, 4) is 0 Å². The molecule has 2 aromatic heterocycles. The van der Waals surface area contributed by atoms with Gasteiger partial charge in [0.15, 0.2) is 0 Å². The summed E-state index contributed by atoms with van der Waals surface area (Å²) in [4.78, 5) is 25.9. The van der Waals surface area contributed by atoms with Crippen LogP contribution in [0.4, 0.5) is 0 Å². The van der Waals surface area contributed by atoms with E-state index in [1.807, 2.05) is 59.3 Å². The molecule has 0 atom stereocenters. The van der Waals surface area contributed by atoms with E-state index in [9.17, 15) is 9.59 Å². The van der Waals surface area contributed by atoms with Crippen molar-refractivity contribution in [3.63, 3.8) is 0 Å². The van der Waals surface area contributed by atoms with Gasteiger partial charge in [-0.3, -0.25) is 9.59 Å². The smallest absolute Gasteiger partial charge is 0.244 e. The van der Waals surface area contributed by atoms with Gasteiger partial charge in [-0.05, 0) is 46.2 Å². The summed E-state index contributed by atoms with van der Waals surface area (Å²) in [6.45, 7) is 0.876. The number of carbonyl (C=O) groups is 2. The maximum atomic E-state index is 11.9. The summed E-state index contributed by atoms with van der Waals surface area (Å²) in [7, 11) is 0. The van der Waals surface area contributed by atoms with E-state index >= 15 is 0 Å². The van der Waals surface area contributed by atoms with Crippen molar-refractivity contribution in [3.05, 3.63) is 92.3 Å². The van der Waals surface area contributed by atoms with Gasteiger partial charge < -0.3 is 10.6 Å². The Hall–Kier alpha value is -2.96. The lowest BCUT2D eigenvalue weighted by molar-refractivity contribution is -0.117. The van der Waals surface area contributed by atoms with Crippen LogP contribution in [-0.2, 0) is 22.7 Å². The summed E-state index contributed by atoms with van der Waals surface area (Å²) in [5.41, 5.74) is 1.97. The van der Waals surface area contributed by atoms with E-state index in [-0.39, 0.29) is 11.8 Å². The van der Waals surface area contributed by atoms with Crippen LogP contribution < -0.4 is 10.6 Å². The molecule has 3 aromatic rings. The summed E-state index contributed by atoms with van der Waals surface area (Å²) in [6, 6.07) is 15.6. The molecule has 28 heavy (non-hydrogen) atoms. The molecule has 0 saturated carbocycles. The lowest BCUT2D eigenvalue weighted by atomic mass is 10.1. The Balaban J connectivity index is 1.45. The van der Waals surface area contributed by atoms with Crippen LogP contribution in [0.25, 0.3) is 12.2 Å². The second kappa shape index (κ2) is 10.4. The zero-order valence-corrected chi connectivity index (χ0v) is 16.8. The first kappa shape index (κ1) is 19.8. The molecule has 3 rings (SSSR count). The molecule has 0 aliphatic heterocycles. The fraction of sp³-hybridized carbons (Fsp3) is 0.0909. The van der Waals surface area contributed by atoms with Crippen molar-refractivity contribution >= 4 is 46.6 Å². The minimum atomic E-state index is -0.133. The predicted octanol–water partition coefficient (Wildman–Crippen LogP) is 4.47. The Labute approximate surface area is 172 Å². The first-order valence-electron chi connectivity index (χ1n) is 8.76. The molecule has 0 saturated heterocycles. The number of rotatable bonds is 8. The molecule has 0 radical (unpaired) electrons. The van der Waals surface area contributed by atoms with Gasteiger partial charge >= 0.3 is 0 Å². The highest BCUT2D eigenvalue weighted by molar-refractivity contribution is 7.11. The Morgan fingerprint density at radius 2 is 1.25 bits per heavy atom. The van der Waals surface area contributed by atoms with Crippen molar-refractivity contribution < 1.29 is 9.59 Å². The summed E-state index contributed by atoms with van der Waals surface area (Å²) in [5, 5.41) is 9.69. The van der Waals surface area contributed by atoms with Gasteiger partial charge in [0.25, 0.3) is 0 Å². The first-order valence-corrected chi connectivity index (χ1v) is 10.5. The summed E-state index contributed by atoms with van der Waals surface area (Å²) in [5.74, 6) is -0.267. The van der Waals surface area contributed by atoms with Crippen molar-refractivity contribution in [1.82, 2.24) is 10.6 Å². The van der Waals surface area contributed by atoms with Crippen LogP contribution in [0.1, 0.15) is 20.9 Å². The largest absolute Gasteiger partial charge is 0.348 e. The first-order chi connectivity index (χ1) is 13.7. The van der Waals surface area contributed by atoms with Crippen LogP contribution in [0, 0.1) is 0 Å². The molecule has 0 unspecified atom stereocenters. The van der Waals surface area contributed by atoms with E-state index in [1.165, 1.54) is 12.2 Å². The zero-order valence-electron chi connectivity index (χ0n) is 15.1. The Morgan fingerprint density at radius 3 is 1.68 bits per heavy atom. The number of amides is 2. The fourth-order valence-electron chi connectivity index (χ4n) is 2.43. The Kier molecular flexibility index (Phi) is 7.35. The molecule has 2 amide bonds. The maximum Gasteiger partial charge on any atom is 0.244 e. The lowest BCUT2D eigenvalue weighted by Gasteiger charge is -2.07. The minimum Gasteiger partial charge on any atom is -0.348 e. The minimum absolute atomic E-state index is 0.133. The third-order valence-corrected chi connectivity index (χ3v) is 5.48. The van der Waals surface area contributed by atoms with Crippen LogP contribution in [-0.4, -0.2) is 11.8 Å². The highest BCUT2D eigenvalue weighted by Crippen LogP contribution is 2.11. The molecule has 2 heterocycles. The molecule has 0 fully saturated rings. The van der Waals surface area contributed by atoms with Crippen molar-refractivity contribution in [2.75, 3.05) is 0 Å². The van der Waals surface area contributed by atoms with E-state index in [0.717, 1.165) is 20.9 Å². The summed E-state index contributed by atoms with van der Waals surface area (Å²) in [6.07, 6.45) is 6.68. The molecule has 6 heteroatoms. The van der Waals surface area contributed by atoms with Crippen molar-refractivity contribution in [2.24, 2.45) is 0 Å². The van der Waals surface area contributed by atoms with Gasteiger partial charge in [0.1, 0.15) is 0 Å². The fourth-order valence-corrected chi connectivity index (χ4v) is 3.67. The molecule has 1 aromatic carbocycles. The molecular weight excluding hydrogens is 388 g/mol. The third-order valence-electron chi connectivity index (χ3n) is 3.81. The summed E-state index contributed by atoms with van der Waals surface area (Å²) >= 11 is 3.17. The molecule has 4 nitrogen and oxygen atoms in total. The van der Waals surface area contributed by atoms with Crippen LogP contribution in [0.5, 0.6) is 0 Å². The topological polar surface area (TPSA) is 58.2 Å². The number of benzene rings is 1. The Morgan fingerprint density at radius 1 is 0.750 bits per heavy atom. The zero-order chi connectivity index (χ0) is 19.6. The SMILES string of the molecule is O=C(/C=C\c1cccs1)NCc1cccc(CNC(=O)/C=C/c2cccs2)c1. The second-order valence-electron chi connectivity index (χ2n) is 5.95.